The Morgan fingerprint density at radius 1 is 1.05 bits per heavy atom. The van der Waals surface area contributed by atoms with Crippen LogP contribution in [-0.2, 0) is 22.6 Å². The lowest BCUT2D eigenvalue weighted by molar-refractivity contribution is -0.124. The zero-order valence-electron chi connectivity index (χ0n) is 11.6. The Morgan fingerprint density at radius 3 is 2.33 bits per heavy atom. The van der Waals surface area contributed by atoms with Crippen molar-refractivity contribution in [3.63, 3.8) is 0 Å². The third-order valence-electron chi connectivity index (χ3n) is 3.88. The summed E-state index contributed by atoms with van der Waals surface area (Å²) in [6, 6.07) is 7.35. The number of carbonyl (C=O) groups excluding carboxylic acids is 3. The molecule has 0 spiro atoms. The number of carbonyl (C=O) groups is 3. The molecule has 6 heteroatoms. The Bertz CT molecular complexity index is 656. The van der Waals surface area contributed by atoms with Gasteiger partial charge in [-0.3, -0.25) is 20.2 Å². The van der Waals surface area contributed by atoms with Crippen molar-refractivity contribution in [2.24, 2.45) is 0 Å². The van der Waals surface area contributed by atoms with Crippen LogP contribution in [0.3, 0.4) is 0 Å². The largest absolute Gasteiger partial charge is 0.370 e. The summed E-state index contributed by atoms with van der Waals surface area (Å²) < 4.78 is 0. The van der Waals surface area contributed by atoms with Crippen molar-refractivity contribution in [3.8, 4) is 0 Å². The van der Waals surface area contributed by atoms with E-state index in [9.17, 15) is 14.4 Å². The molecule has 108 valence electrons. The fraction of sp³-hybridized carbons (Fsp3) is 0.267. The van der Waals surface area contributed by atoms with Crippen molar-refractivity contribution in [3.05, 3.63) is 46.7 Å². The highest BCUT2D eigenvalue weighted by Gasteiger charge is 2.32. The highest BCUT2D eigenvalue weighted by Crippen LogP contribution is 2.23. The molecule has 2 heterocycles. The molecule has 0 saturated carbocycles. The number of imide groups is 2. The van der Waals surface area contributed by atoms with Gasteiger partial charge in [-0.05, 0) is 24.5 Å². The molecule has 0 unspecified atom stereocenters. The summed E-state index contributed by atoms with van der Waals surface area (Å²) in [6.45, 7) is 3.12. The van der Waals surface area contributed by atoms with Gasteiger partial charge in [0.1, 0.15) is 5.57 Å². The molecule has 0 bridgehead atoms. The Labute approximate surface area is 121 Å². The third kappa shape index (κ3) is 2.40. The van der Waals surface area contributed by atoms with Gasteiger partial charge in [-0.25, -0.2) is 4.79 Å². The molecule has 2 N–H and O–H groups in total. The average Bonchev–Trinajstić information content (AvgIpc) is 2.45. The van der Waals surface area contributed by atoms with Gasteiger partial charge in [0, 0.05) is 18.8 Å². The van der Waals surface area contributed by atoms with Crippen LogP contribution in [0.2, 0.25) is 0 Å². The molecule has 0 aliphatic carbocycles. The van der Waals surface area contributed by atoms with Crippen molar-refractivity contribution in [2.75, 3.05) is 6.54 Å². The second kappa shape index (κ2) is 5.05. The van der Waals surface area contributed by atoms with Crippen LogP contribution in [0.4, 0.5) is 4.79 Å². The highest BCUT2D eigenvalue weighted by molar-refractivity contribution is 6.29. The number of nitrogens with one attached hydrogen (secondary N) is 2. The maximum Gasteiger partial charge on any atom is 0.328 e. The van der Waals surface area contributed by atoms with Crippen molar-refractivity contribution in [2.45, 2.75) is 19.9 Å². The van der Waals surface area contributed by atoms with Gasteiger partial charge >= 0.3 is 6.03 Å². The predicted octanol–water partition coefficient (Wildman–Crippen LogP) is 0.685. The van der Waals surface area contributed by atoms with E-state index in [1.54, 1.807) is 6.92 Å². The van der Waals surface area contributed by atoms with Gasteiger partial charge in [0.2, 0.25) is 0 Å². The van der Waals surface area contributed by atoms with E-state index in [2.05, 4.69) is 16.7 Å². The third-order valence-corrected chi connectivity index (χ3v) is 3.88. The molecule has 1 fully saturated rings. The lowest BCUT2D eigenvalue weighted by atomic mass is 9.98. The second-order valence-corrected chi connectivity index (χ2v) is 5.14. The number of allylic oxidation sites excluding steroid dienone is 1. The maximum absolute atomic E-state index is 11.9. The normalized spacial score (nSPS) is 18.0. The van der Waals surface area contributed by atoms with E-state index < -0.39 is 17.8 Å². The van der Waals surface area contributed by atoms with Crippen LogP contribution in [0.15, 0.2) is 35.5 Å². The van der Waals surface area contributed by atoms with Crippen LogP contribution in [0.25, 0.3) is 0 Å². The summed E-state index contributed by atoms with van der Waals surface area (Å²) >= 11 is 0. The lowest BCUT2D eigenvalue weighted by Gasteiger charge is -2.32. The van der Waals surface area contributed by atoms with Crippen LogP contribution < -0.4 is 10.6 Å². The fourth-order valence-corrected chi connectivity index (χ4v) is 2.73. The number of urea groups is 1. The van der Waals surface area contributed by atoms with Gasteiger partial charge in [0.15, 0.2) is 0 Å². The zero-order valence-corrected chi connectivity index (χ0v) is 11.6. The van der Waals surface area contributed by atoms with Crippen molar-refractivity contribution in [1.82, 2.24) is 15.5 Å². The van der Waals surface area contributed by atoms with E-state index in [4.69, 9.17) is 0 Å². The van der Waals surface area contributed by atoms with Gasteiger partial charge in [-0.2, -0.15) is 0 Å². The predicted molar refractivity (Wildman–Crippen MR) is 74.9 cm³/mol. The standard InChI is InChI=1S/C15H15N3O3/c1-9(12-13(19)16-15(21)17-14(12)20)18-7-6-10-4-2-3-5-11(10)8-18/h2-5H,6-8H2,1H3,(H2,16,17,19,20,21). The first-order valence-corrected chi connectivity index (χ1v) is 6.75. The van der Waals surface area contributed by atoms with E-state index in [0.717, 1.165) is 13.0 Å². The van der Waals surface area contributed by atoms with E-state index in [-0.39, 0.29) is 5.57 Å². The first kappa shape index (κ1) is 13.4. The van der Waals surface area contributed by atoms with E-state index in [0.29, 0.717) is 12.2 Å². The van der Waals surface area contributed by atoms with E-state index in [1.165, 1.54) is 11.1 Å². The van der Waals surface area contributed by atoms with Gasteiger partial charge in [-0.1, -0.05) is 24.3 Å². The summed E-state index contributed by atoms with van der Waals surface area (Å²) in [7, 11) is 0. The fourth-order valence-electron chi connectivity index (χ4n) is 2.73. The number of rotatable bonds is 1. The quantitative estimate of drug-likeness (QED) is 0.587. The van der Waals surface area contributed by atoms with Crippen molar-refractivity contribution in [1.29, 1.82) is 0 Å². The summed E-state index contributed by atoms with van der Waals surface area (Å²) in [5.41, 5.74) is 3.08. The molecule has 3 rings (SSSR count). The number of hydrogen-bond acceptors (Lipinski definition) is 4. The number of fused-ring (bicyclic) bond motifs is 1. The van der Waals surface area contributed by atoms with Crippen LogP contribution in [0, 0.1) is 0 Å². The number of benzene rings is 1. The topological polar surface area (TPSA) is 78.5 Å². The van der Waals surface area contributed by atoms with Crippen LogP contribution >= 0.6 is 0 Å². The molecule has 1 aromatic carbocycles. The Morgan fingerprint density at radius 2 is 1.67 bits per heavy atom. The molecule has 0 radical (unpaired) electrons. The first-order chi connectivity index (χ1) is 10.1. The summed E-state index contributed by atoms with van der Waals surface area (Å²) in [5.74, 6) is -1.28. The molecule has 2 aliphatic heterocycles. The number of nitrogens with zero attached hydrogens (tertiary/aromatic N) is 1. The van der Waals surface area contributed by atoms with Crippen LogP contribution in [-0.4, -0.2) is 29.3 Å². The van der Waals surface area contributed by atoms with Crippen molar-refractivity contribution >= 4 is 17.8 Å². The molecule has 6 nitrogen and oxygen atoms in total. The molecule has 1 aromatic rings. The van der Waals surface area contributed by atoms with Gasteiger partial charge in [-0.15, -0.1) is 0 Å². The van der Waals surface area contributed by atoms with Crippen molar-refractivity contribution < 1.29 is 14.4 Å². The van der Waals surface area contributed by atoms with Gasteiger partial charge < -0.3 is 4.90 Å². The molecule has 0 atom stereocenters. The molecular formula is C15H15N3O3. The number of barbiturate groups is 1. The maximum atomic E-state index is 11.9. The molecular weight excluding hydrogens is 270 g/mol. The Hall–Kier alpha value is -2.63. The number of hydrogen-bond donors (Lipinski definition) is 2. The number of amides is 4. The van der Waals surface area contributed by atoms with Crippen LogP contribution in [0.5, 0.6) is 0 Å². The van der Waals surface area contributed by atoms with E-state index in [1.807, 2.05) is 23.1 Å². The first-order valence-electron chi connectivity index (χ1n) is 6.75. The van der Waals surface area contributed by atoms with Gasteiger partial charge in [0.25, 0.3) is 11.8 Å². The Kier molecular flexibility index (Phi) is 3.21. The minimum absolute atomic E-state index is 0.00832. The highest BCUT2D eigenvalue weighted by atomic mass is 16.2. The minimum Gasteiger partial charge on any atom is -0.370 e. The van der Waals surface area contributed by atoms with E-state index >= 15 is 0 Å². The SMILES string of the molecule is CC(=C1C(=O)NC(=O)NC1=O)N1CCc2ccccc2C1. The smallest absolute Gasteiger partial charge is 0.328 e. The van der Waals surface area contributed by atoms with Crippen LogP contribution in [0.1, 0.15) is 18.1 Å². The molecule has 2 aliphatic rings. The molecule has 21 heavy (non-hydrogen) atoms. The average molecular weight is 285 g/mol. The lowest BCUT2D eigenvalue weighted by Crippen LogP contribution is -2.52. The summed E-state index contributed by atoms with van der Waals surface area (Å²) in [4.78, 5) is 36.8. The zero-order chi connectivity index (χ0) is 15.0. The molecule has 4 amide bonds. The monoisotopic (exact) mass is 285 g/mol. The minimum atomic E-state index is -0.773. The Balaban J connectivity index is 1.90. The summed E-state index contributed by atoms with van der Waals surface area (Å²) in [5, 5.41) is 4.21. The summed E-state index contributed by atoms with van der Waals surface area (Å²) in [6.07, 6.45) is 0.864. The molecule has 1 saturated heterocycles. The molecule has 0 aromatic heterocycles. The van der Waals surface area contributed by atoms with Gasteiger partial charge in [0.05, 0.1) is 0 Å². The second-order valence-electron chi connectivity index (χ2n) is 5.14.